The molecule has 126 valence electrons. The van der Waals surface area contributed by atoms with Gasteiger partial charge >= 0.3 is 0 Å². The van der Waals surface area contributed by atoms with Crippen LogP contribution in [-0.2, 0) is 24.4 Å². The third-order valence-electron chi connectivity index (χ3n) is 4.03. The maximum Gasteiger partial charge on any atom is 0.252 e. The maximum atomic E-state index is 11.7. The predicted molar refractivity (Wildman–Crippen MR) is 92.0 cm³/mol. The lowest BCUT2D eigenvalue weighted by Crippen LogP contribution is -2.18. The van der Waals surface area contributed by atoms with Crippen LogP contribution in [0.2, 0.25) is 0 Å². The Kier molecular flexibility index (Phi) is 5.46. The number of hydrogen-bond donors (Lipinski definition) is 2. The SMILES string of the molecule is COCCNCc1ccc(COc2cccc3c2CNC3=O)cc1. The second-order valence-corrected chi connectivity index (χ2v) is 5.74. The van der Waals surface area contributed by atoms with Crippen molar-refractivity contribution >= 4 is 5.91 Å². The number of ether oxygens (including phenoxy) is 2. The lowest BCUT2D eigenvalue weighted by atomic mass is 10.1. The molecule has 5 heteroatoms. The molecule has 5 nitrogen and oxygen atoms in total. The number of amides is 1. The molecule has 3 rings (SSSR count). The standard InChI is InChI=1S/C19H22N2O3/c1-23-10-9-20-11-14-5-7-15(8-6-14)13-24-18-4-2-3-16-17(18)12-21-19(16)22/h2-8,20H,9-13H2,1H3,(H,21,22). The van der Waals surface area contributed by atoms with Gasteiger partial charge in [-0.25, -0.2) is 0 Å². The van der Waals surface area contributed by atoms with Crippen LogP contribution in [0.4, 0.5) is 0 Å². The summed E-state index contributed by atoms with van der Waals surface area (Å²) in [7, 11) is 1.70. The van der Waals surface area contributed by atoms with Crippen molar-refractivity contribution in [3.63, 3.8) is 0 Å². The number of rotatable bonds is 8. The highest BCUT2D eigenvalue weighted by atomic mass is 16.5. The van der Waals surface area contributed by atoms with E-state index in [1.54, 1.807) is 7.11 Å². The van der Waals surface area contributed by atoms with Crippen LogP contribution in [-0.4, -0.2) is 26.2 Å². The van der Waals surface area contributed by atoms with Crippen LogP contribution in [0.5, 0.6) is 5.75 Å². The van der Waals surface area contributed by atoms with Crippen molar-refractivity contribution in [3.8, 4) is 5.75 Å². The molecule has 0 saturated heterocycles. The number of nitrogens with one attached hydrogen (secondary N) is 2. The Balaban J connectivity index is 1.55. The second-order valence-electron chi connectivity index (χ2n) is 5.74. The highest BCUT2D eigenvalue weighted by Crippen LogP contribution is 2.26. The minimum absolute atomic E-state index is 0.0271. The molecule has 0 fully saturated rings. The zero-order valence-corrected chi connectivity index (χ0v) is 13.8. The van der Waals surface area contributed by atoms with Crippen molar-refractivity contribution in [3.05, 3.63) is 64.7 Å². The molecule has 1 amide bonds. The van der Waals surface area contributed by atoms with Crippen LogP contribution in [0.15, 0.2) is 42.5 Å². The van der Waals surface area contributed by atoms with E-state index in [0.717, 1.165) is 30.0 Å². The Morgan fingerprint density at radius 1 is 1.12 bits per heavy atom. The molecule has 2 N–H and O–H groups in total. The van der Waals surface area contributed by atoms with Crippen LogP contribution in [0, 0.1) is 0 Å². The second kappa shape index (κ2) is 7.95. The fourth-order valence-electron chi connectivity index (χ4n) is 2.68. The highest BCUT2D eigenvalue weighted by Gasteiger charge is 2.21. The largest absolute Gasteiger partial charge is 0.489 e. The molecule has 0 atom stereocenters. The molecule has 0 radical (unpaired) electrons. The fraction of sp³-hybridized carbons (Fsp3) is 0.316. The number of benzene rings is 2. The van der Waals surface area contributed by atoms with E-state index in [2.05, 4.69) is 34.9 Å². The van der Waals surface area contributed by atoms with E-state index < -0.39 is 0 Å². The maximum absolute atomic E-state index is 11.7. The van der Waals surface area contributed by atoms with Crippen LogP contribution in [0.3, 0.4) is 0 Å². The van der Waals surface area contributed by atoms with Gasteiger partial charge in [0.25, 0.3) is 5.91 Å². The molecule has 2 aromatic carbocycles. The van der Waals surface area contributed by atoms with Crippen molar-refractivity contribution in [1.82, 2.24) is 10.6 Å². The Bertz CT molecular complexity index is 698. The van der Waals surface area contributed by atoms with E-state index in [1.165, 1.54) is 5.56 Å². The van der Waals surface area contributed by atoms with Gasteiger partial charge in [0, 0.05) is 37.9 Å². The Hall–Kier alpha value is -2.37. The molecule has 0 bridgehead atoms. The number of carbonyl (C=O) groups excluding carboxylic acids is 1. The lowest BCUT2D eigenvalue weighted by molar-refractivity contribution is 0.0965. The first-order valence-electron chi connectivity index (χ1n) is 8.08. The molecule has 1 aliphatic heterocycles. The summed E-state index contributed by atoms with van der Waals surface area (Å²) < 4.78 is 10.9. The Morgan fingerprint density at radius 2 is 1.92 bits per heavy atom. The van der Waals surface area contributed by atoms with Crippen LogP contribution in [0.25, 0.3) is 0 Å². The first-order valence-corrected chi connectivity index (χ1v) is 8.08. The predicted octanol–water partition coefficient (Wildman–Crippen LogP) is 2.25. The van der Waals surface area contributed by atoms with E-state index in [9.17, 15) is 4.79 Å². The number of carbonyl (C=O) groups is 1. The van der Waals surface area contributed by atoms with E-state index >= 15 is 0 Å². The third-order valence-corrected chi connectivity index (χ3v) is 4.03. The van der Waals surface area contributed by atoms with E-state index in [1.807, 2.05) is 18.2 Å². The normalized spacial score (nSPS) is 12.8. The summed E-state index contributed by atoms with van der Waals surface area (Å²) in [6.07, 6.45) is 0. The molecule has 0 spiro atoms. The van der Waals surface area contributed by atoms with Crippen molar-refractivity contribution in [2.45, 2.75) is 19.7 Å². The molecule has 1 heterocycles. The summed E-state index contributed by atoms with van der Waals surface area (Å²) in [6.45, 7) is 3.40. The van der Waals surface area contributed by atoms with Gasteiger partial charge in [-0.1, -0.05) is 30.3 Å². The third kappa shape index (κ3) is 3.93. The number of fused-ring (bicyclic) bond motifs is 1. The fourth-order valence-corrected chi connectivity index (χ4v) is 2.68. The average molecular weight is 326 g/mol. The lowest BCUT2D eigenvalue weighted by Gasteiger charge is -2.10. The molecule has 0 saturated carbocycles. The van der Waals surface area contributed by atoms with Gasteiger partial charge in [0.2, 0.25) is 0 Å². The summed E-state index contributed by atoms with van der Waals surface area (Å²) in [4.78, 5) is 11.7. The molecule has 24 heavy (non-hydrogen) atoms. The summed E-state index contributed by atoms with van der Waals surface area (Å²) in [5.41, 5.74) is 3.99. The minimum atomic E-state index is -0.0271. The van der Waals surface area contributed by atoms with Crippen LogP contribution in [0.1, 0.15) is 27.0 Å². The van der Waals surface area contributed by atoms with Crippen molar-refractivity contribution in [1.29, 1.82) is 0 Å². The number of methoxy groups -OCH3 is 1. The van der Waals surface area contributed by atoms with E-state index in [0.29, 0.717) is 25.3 Å². The van der Waals surface area contributed by atoms with Crippen molar-refractivity contribution in [2.24, 2.45) is 0 Å². The van der Waals surface area contributed by atoms with E-state index in [-0.39, 0.29) is 5.91 Å². The summed E-state index contributed by atoms with van der Waals surface area (Å²) in [5, 5.41) is 6.14. The number of hydrogen-bond acceptors (Lipinski definition) is 4. The molecular formula is C19H22N2O3. The van der Waals surface area contributed by atoms with Gasteiger partial charge in [-0.05, 0) is 23.3 Å². The van der Waals surface area contributed by atoms with Gasteiger partial charge < -0.3 is 20.1 Å². The van der Waals surface area contributed by atoms with Crippen molar-refractivity contribution < 1.29 is 14.3 Å². The Morgan fingerprint density at radius 3 is 2.71 bits per heavy atom. The minimum Gasteiger partial charge on any atom is -0.489 e. The van der Waals surface area contributed by atoms with E-state index in [4.69, 9.17) is 9.47 Å². The van der Waals surface area contributed by atoms with Crippen LogP contribution < -0.4 is 15.4 Å². The molecular weight excluding hydrogens is 304 g/mol. The monoisotopic (exact) mass is 326 g/mol. The van der Waals surface area contributed by atoms with Gasteiger partial charge in [0.05, 0.1) is 6.61 Å². The molecule has 0 aliphatic carbocycles. The van der Waals surface area contributed by atoms with Crippen LogP contribution >= 0.6 is 0 Å². The zero-order valence-electron chi connectivity index (χ0n) is 13.8. The average Bonchev–Trinajstić information content (AvgIpc) is 3.00. The van der Waals surface area contributed by atoms with Gasteiger partial charge in [-0.3, -0.25) is 4.79 Å². The molecule has 0 unspecified atom stereocenters. The van der Waals surface area contributed by atoms with Gasteiger partial charge in [0.1, 0.15) is 12.4 Å². The quantitative estimate of drug-likeness (QED) is 0.731. The van der Waals surface area contributed by atoms with Gasteiger partial charge in [-0.15, -0.1) is 0 Å². The smallest absolute Gasteiger partial charge is 0.252 e. The summed E-state index contributed by atoms with van der Waals surface area (Å²) in [6, 6.07) is 13.9. The first-order chi connectivity index (χ1) is 11.8. The molecule has 0 aromatic heterocycles. The summed E-state index contributed by atoms with van der Waals surface area (Å²) >= 11 is 0. The molecule has 2 aromatic rings. The van der Waals surface area contributed by atoms with Gasteiger partial charge in [0.15, 0.2) is 0 Å². The Labute approximate surface area is 142 Å². The first kappa shape index (κ1) is 16.5. The van der Waals surface area contributed by atoms with Crippen molar-refractivity contribution in [2.75, 3.05) is 20.3 Å². The molecule has 1 aliphatic rings. The highest BCUT2D eigenvalue weighted by molar-refractivity contribution is 5.99. The topological polar surface area (TPSA) is 59.6 Å². The van der Waals surface area contributed by atoms with Gasteiger partial charge in [-0.2, -0.15) is 0 Å². The summed E-state index contributed by atoms with van der Waals surface area (Å²) in [5.74, 6) is 0.747. The zero-order chi connectivity index (χ0) is 16.8.